The first kappa shape index (κ1) is 15.7. The van der Waals surface area contributed by atoms with E-state index in [9.17, 15) is 9.59 Å². The van der Waals surface area contributed by atoms with Crippen molar-refractivity contribution in [3.05, 3.63) is 58.6 Å². The molecule has 0 saturated carbocycles. The van der Waals surface area contributed by atoms with Gasteiger partial charge in [0.25, 0.3) is 0 Å². The van der Waals surface area contributed by atoms with Gasteiger partial charge in [-0.25, -0.2) is 0 Å². The summed E-state index contributed by atoms with van der Waals surface area (Å²) in [5.74, 6) is 0.682. The SMILES string of the molecule is O=C(COc1ccccc1Br)c1ccc(N2CCCC2=O)cc1. The Labute approximate surface area is 143 Å². The quantitative estimate of drug-likeness (QED) is 0.748. The highest BCUT2D eigenvalue weighted by Gasteiger charge is 2.21. The Morgan fingerprint density at radius 3 is 2.52 bits per heavy atom. The largest absolute Gasteiger partial charge is 0.484 e. The van der Waals surface area contributed by atoms with E-state index in [1.165, 1.54) is 0 Å². The van der Waals surface area contributed by atoms with Crippen molar-refractivity contribution in [2.24, 2.45) is 0 Å². The molecule has 3 rings (SSSR count). The monoisotopic (exact) mass is 373 g/mol. The summed E-state index contributed by atoms with van der Waals surface area (Å²) in [5.41, 5.74) is 1.42. The number of benzene rings is 2. The van der Waals surface area contributed by atoms with Crippen molar-refractivity contribution < 1.29 is 14.3 Å². The highest BCUT2D eigenvalue weighted by molar-refractivity contribution is 9.10. The number of Topliss-reactive ketones (excluding diaryl/α,β-unsaturated/α-hetero) is 1. The fourth-order valence-electron chi connectivity index (χ4n) is 2.54. The molecule has 0 bridgehead atoms. The Balaban J connectivity index is 1.64. The van der Waals surface area contributed by atoms with E-state index in [4.69, 9.17) is 4.74 Å². The average Bonchev–Trinajstić information content (AvgIpc) is 3.00. The van der Waals surface area contributed by atoms with Gasteiger partial charge in [0.15, 0.2) is 12.4 Å². The van der Waals surface area contributed by atoms with E-state index in [1.807, 2.05) is 30.3 Å². The van der Waals surface area contributed by atoms with E-state index in [0.29, 0.717) is 17.7 Å². The van der Waals surface area contributed by atoms with E-state index < -0.39 is 0 Å². The van der Waals surface area contributed by atoms with Gasteiger partial charge in [-0.15, -0.1) is 0 Å². The van der Waals surface area contributed by atoms with Crippen LogP contribution in [0.5, 0.6) is 5.75 Å². The van der Waals surface area contributed by atoms with Crippen molar-refractivity contribution in [1.82, 2.24) is 0 Å². The van der Waals surface area contributed by atoms with Crippen LogP contribution in [0, 0.1) is 0 Å². The molecule has 0 radical (unpaired) electrons. The van der Waals surface area contributed by atoms with Crippen LogP contribution in [0.25, 0.3) is 0 Å². The number of para-hydroxylation sites is 1. The third-order valence-corrected chi connectivity index (χ3v) is 4.42. The van der Waals surface area contributed by atoms with Crippen LogP contribution in [0.15, 0.2) is 53.0 Å². The molecule has 118 valence electrons. The molecule has 4 nitrogen and oxygen atoms in total. The highest BCUT2D eigenvalue weighted by atomic mass is 79.9. The molecule has 2 aromatic carbocycles. The molecular formula is C18H16BrNO3. The minimum absolute atomic E-state index is 0.0232. The number of ether oxygens (including phenoxy) is 1. The molecule has 5 heteroatoms. The second kappa shape index (κ2) is 6.96. The smallest absolute Gasteiger partial charge is 0.227 e. The summed E-state index contributed by atoms with van der Waals surface area (Å²) in [6.07, 6.45) is 1.49. The number of carbonyl (C=O) groups is 2. The number of nitrogens with zero attached hydrogens (tertiary/aromatic N) is 1. The standard InChI is InChI=1S/C18H16BrNO3/c19-15-4-1-2-5-17(15)23-12-16(21)13-7-9-14(10-8-13)20-11-3-6-18(20)22/h1-2,4-5,7-10H,3,6,11-12H2. The van der Waals surface area contributed by atoms with Crippen molar-refractivity contribution in [2.45, 2.75) is 12.8 Å². The summed E-state index contributed by atoms with van der Waals surface area (Å²) in [4.78, 5) is 25.7. The van der Waals surface area contributed by atoms with Crippen LogP contribution >= 0.6 is 15.9 Å². The van der Waals surface area contributed by atoms with Gasteiger partial charge < -0.3 is 9.64 Å². The van der Waals surface area contributed by atoms with E-state index in [0.717, 1.165) is 23.1 Å². The van der Waals surface area contributed by atoms with Gasteiger partial charge in [0.05, 0.1) is 4.47 Å². The number of hydrogen-bond donors (Lipinski definition) is 0. The number of halogens is 1. The zero-order valence-corrected chi connectivity index (χ0v) is 14.1. The Morgan fingerprint density at radius 2 is 1.87 bits per heavy atom. The Bertz CT molecular complexity index is 727. The lowest BCUT2D eigenvalue weighted by molar-refractivity contribution is -0.117. The highest BCUT2D eigenvalue weighted by Crippen LogP contribution is 2.24. The third kappa shape index (κ3) is 3.62. The van der Waals surface area contributed by atoms with E-state index >= 15 is 0 Å². The predicted octanol–water partition coefficient (Wildman–Crippen LogP) is 3.84. The molecule has 23 heavy (non-hydrogen) atoms. The topological polar surface area (TPSA) is 46.6 Å². The number of carbonyl (C=O) groups excluding carboxylic acids is 2. The molecular weight excluding hydrogens is 358 g/mol. The molecule has 1 fully saturated rings. The van der Waals surface area contributed by atoms with Gasteiger partial charge in [-0.05, 0) is 58.7 Å². The van der Waals surface area contributed by atoms with Crippen LogP contribution in [0.3, 0.4) is 0 Å². The summed E-state index contributed by atoms with van der Waals surface area (Å²) in [5, 5.41) is 0. The number of rotatable bonds is 5. The van der Waals surface area contributed by atoms with Gasteiger partial charge in [0, 0.05) is 24.2 Å². The van der Waals surface area contributed by atoms with Crippen LogP contribution in [0.1, 0.15) is 23.2 Å². The zero-order chi connectivity index (χ0) is 16.2. The lowest BCUT2D eigenvalue weighted by Crippen LogP contribution is -2.23. The van der Waals surface area contributed by atoms with Gasteiger partial charge in [-0.2, -0.15) is 0 Å². The van der Waals surface area contributed by atoms with Crippen molar-refractivity contribution in [2.75, 3.05) is 18.1 Å². The number of hydrogen-bond acceptors (Lipinski definition) is 3. The molecule has 1 heterocycles. The Morgan fingerprint density at radius 1 is 1.13 bits per heavy atom. The Hall–Kier alpha value is -2.14. The normalized spacial score (nSPS) is 14.1. The number of amides is 1. The summed E-state index contributed by atoms with van der Waals surface area (Å²) in [7, 11) is 0. The molecule has 1 aliphatic rings. The molecule has 1 amide bonds. The van der Waals surface area contributed by atoms with Gasteiger partial charge >= 0.3 is 0 Å². The summed E-state index contributed by atoms with van der Waals surface area (Å²) in [6.45, 7) is 0.724. The minimum Gasteiger partial charge on any atom is -0.484 e. The molecule has 0 aromatic heterocycles. The van der Waals surface area contributed by atoms with Crippen LogP contribution in [-0.4, -0.2) is 24.8 Å². The van der Waals surface area contributed by atoms with Gasteiger partial charge in [0.1, 0.15) is 5.75 Å². The first-order valence-electron chi connectivity index (χ1n) is 7.46. The average molecular weight is 374 g/mol. The second-order valence-corrected chi connectivity index (χ2v) is 6.19. The van der Waals surface area contributed by atoms with Crippen LogP contribution in [0.2, 0.25) is 0 Å². The first-order valence-corrected chi connectivity index (χ1v) is 8.25. The van der Waals surface area contributed by atoms with Crippen LogP contribution < -0.4 is 9.64 Å². The van der Waals surface area contributed by atoms with Gasteiger partial charge in [0.2, 0.25) is 5.91 Å². The van der Waals surface area contributed by atoms with Crippen molar-refractivity contribution >= 4 is 33.3 Å². The molecule has 2 aromatic rings. The van der Waals surface area contributed by atoms with Crippen molar-refractivity contribution in [1.29, 1.82) is 0 Å². The zero-order valence-electron chi connectivity index (χ0n) is 12.5. The summed E-state index contributed by atoms with van der Waals surface area (Å²) in [6, 6.07) is 14.5. The maximum Gasteiger partial charge on any atom is 0.227 e. The van der Waals surface area contributed by atoms with E-state index in [-0.39, 0.29) is 18.3 Å². The minimum atomic E-state index is -0.0972. The maximum absolute atomic E-state index is 12.2. The molecule has 1 aliphatic heterocycles. The maximum atomic E-state index is 12.2. The molecule has 0 N–H and O–H groups in total. The van der Waals surface area contributed by atoms with Gasteiger partial charge in [-0.1, -0.05) is 12.1 Å². The molecule has 0 spiro atoms. The fourth-order valence-corrected chi connectivity index (χ4v) is 2.94. The summed E-state index contributed by atoms with van der Waals surface area (Å²) < 4.78 is 6.35. The van der Waals surface area contributed by atoms with E-state index in [2.05, 4.69) is 15.9 Å². The lowest BCUT2D eigenvalue weighted by atomic mass is 10.1. The van der Waals surface area contributed by atoms with Crippen LogP contribution in [-0.2, 0) is 4.79 Å². The van der Waals surface area contributed by atoms with Crippen molar-refractivity contribution in [3.63, 3.8) is 0 Å². The summed E-state index contributed by atoms with van der Waals surface area (Å²) >= 11 is 3.38. The first-order chi connectivity index (χ1) is 11.1. The van der Waals surface area contributed by atoms with E-state index in [1.54, 1.807) is 23.1 Å². The second-order valence-electron chi connectivity index (χ2n) is 5.34. The predicted molar refractivity (Wildman–Crippen MR) is 92.0 cm³/mol. The number of anilines is 1. The van der Waals surface area contributed by atoms with Crippen LogP contribution in [0.4, 0.5) is 5.69 Å². The molecule has 0 unspecified atom stereocenters. The molecule has 1 saturated heterocycles. The third-order valence-electron chi connectivity index (χ3n) is 3.77. The Kier molecular flexibility index (Phi) is 4.76. The fraction of sp³-hybridized carbons (Fsp3) is 0.222. The van der Waals surface area contributed by atoms with Gasteiger partial charge in [-0.3, -0.25) is 9.59 Å². The molecule has 0 aliphatic carbocycles. The number of ketones is 1. The lowest BCUT2D eigenvalue weighted by Gasteiger charge is -2.15. The van der Waals surface area contributed by atoms with Crippen molar-refractivity contribution in [3.8, 4) is 5.75 Å². The molecule has 0 atom stereocenters.